The molecule has 0 saturated carbocycles. The van der Waals surface area contributed by atoms with Crippen LogP contribution in [0.25, 0.3) is 0 Å². The molecule has 0 aliphatic carbocycles. The highest BCUT2D eigenvalue weighted by atomic mass is 16.1. The van der Waals surface area contributed by atoms with Crippen LogP contribution in [0, 0.1) is 6.92 Å². The maximum absolute atomic E-state index is 12.3. The zero-order chi connectivity index (χ0) is 14.7. The van der Waals surface area contributed by atoms with E-state index in [1.165, 1.54) is 11.1 Å². The molecule has 1 heterocycles. The summed E-state index contributed by atoms with van der Waals surface area (Å²) in [5, 5.41) is 6.35. The summed E-state index contributed by atoms with van der Waals surface area (Å²) in [5.74, 6) is -0.00937. The van der Waals surface area contributed by atoms with E-state index in [9.17, 15) is 4.79 Å². The summed E-state index contributed by atoms with van der Waals surface area (Å²) in [4.78, 5) is 12.3. The van der Waals surface area contributed by atoms with Crippen molar-refractivity contribution in [2.24, 2.45) is 0 Å². The smallest absolute Gasteiger partial charge is 0.251 e. The van der Waals surface area contributed by atoms with Gasteiger partial charge >= 0.3 is 0 Å². The first-order valence-electron chi connectivity index (χ1n) is 7.43. The van der Waals surface area contributed by atoms with Crippen LogP contribution in [0.3, 0.4) is 0 Å². The Morgan fingerprint density at radius 2 is 2.14 bits per heavy atom. The summed E-state index contributed by atoms with van der Waals surface area (Å²) < 4.78 is 0. The van der Waals surface area contributed by atoms with Gasteiger partial charge in [-0.25, -0.2) is 0 Å². The molecule has 0 radical (unpaired) electrons. The largest absolute Gasteiger partial charge is 0.385 e. The van der Waals surface area contributed by atoms with Crippen molar-refractivity contribution in [3.8, 4) is 0 Å². The SMILES string of the molecule is Cc1cccc(CNC(=O)c2ccc3c(c2)CCCN3)c1. The molecule has 0 unspecified atom stereocenters. The third kappa shape index (κ3) is 3.24. The standard InChI is InChI=1S/C18H20N2O/c1-13-4-2-5-14(10-13)12-20-18(21)16-7-8-17-15(11-16)6-3-9-19-17/h2,4-5,7-8,10-11,19H,3,6,9,12H2,1H3,(H,20,21). The van der Waals surface area contributed by atoms with Gasteiger partial charge in [0.05, 0.1) is 0 Å². The Morgan fingerprint density at radius 3 is 3.00 bits per heavy atom. The van der Waals surface area contributed by atoms with Gasteiger partial charge in [0, 0.05) is 24.3 Å². The molecule has 3 rings (SSSR count). The number of hydrogen-bond acceptors (Lipinski definition) is 2. The fourth-order valence-corrected chi connectivity index (χ4v) is 2.72. The van der Waals surface area contributed by atoms with Gasteiger partial charge < -0.3 is 10.6 Å². The van der Waals surface area contributed by atoms with Crippen molar-refractivity contribution in [2.75, 3.05) is 11.9 Å². The number of benzene rings is 2. The lowest BCUT2D eigenvalue weighted by molar-refractivity contribution is 0.0951. The molecule has 108 valence electrons. The molecule has 0 atom stereocenters. The molecule has 0 saturated heterocycles. The van der Waals surface area contributed by atoms with Gasteiger partial charge in [0.1, 0.15) is 0 Å². The minimum Gasteiger partial charge on any atom is -0.385 e. The van der Waals surface area contributed by atoms with Crippen molar-refractivity contribution < 1.29 is 4.79 Å². The van der Waals surface area contributed by atoms with Crippen LogP contribution in [0.5, 0.6) is 0 Å². The second kappa shape index (κ2) is 6.00. The molecule has 0 fully saturated rings. The fraction of sp³-hybridized carbons (Fsp3) is 0.278. The molecule has 0 spiro atoms. The number of nitrogens with one attached hydrogen (secondary N) is 2. The van der Waals surface area contributed by atoms with Gasteiger partial charge in [0.25, 0.3) is 5.91 Å². The summed E-state index contributed by atoms with van der Waals surface area (Å²) in [5.41, 5.74) is 5.48. The third-order valence-electron chi connectivity index (χ3n) is 3.84. The van der Waals surface area contributed by atoms with Gasteiger partial charge in [-0.2, -0.15) is 0 Å². The van der Waals surface area contributed by atoms with E-state index >= 15 is 0 Å². The molecular weight excluding hydrogens is 260 g/mol. The van der Waals surface area contributed by atoms with Crippen LogP contribution in [-0.4, -0.2) is 12.5 Å². The number of carbonyl (C=O) groups excluding carboxylic acids is 1. The number of carbonyl (C=O) groups is 1. The second-order valence-electron chi connectivity index (χ2n) is 5.57. The van der Waals surface area contributed by atoms with Crippen molar-refractivity contribution in [1.82, 2.24) is 5.32 Å². The van der Waals surface area contributed by atoms with E-state index in [-0.39, 0.29) is 5.91 Å². The molecule has 2 aromatic carbocycles. The second-order valence-corrected chi connectivity index (χ2v) is 5.57. The molecule has 3 heteroatoms. The zero-order valence-electron chi connectivity index (χ0n) is 12.3. The minimum absolute atomic E-state index is 0.00937. The maximum Gasteiger partial charge on any atom is 0.251 e. The van der Waals surface area contributed by atoms with Crippen molar-refractivity contribution in [3.63, 3.8) is 0 Å². The van der Waals surface area contributed by atoms with Gasteiger partial charge in [-0.1, -0.05) is 29.8 Å². The molecule has 1 amide bonds. The number of rotatable bonds is 3. The van der Waals surface area contributed by atoms with Crippen LogP contribution in [0.2, 0.25) is 0 Å². The third-order valence-corrected chi connectivity index (χ3v) is 3.84. The Kier molecular flexibility index (Phi) is 3.91. The van der Waals surface area contributed by atoms with Crippen molar-refractivity contribution in [2.45, 2.75) is 26.3 Å². The number of amides is 1. The average molecular weight is 280 g/mol. The summed E-state index contributed by atoms with van der Waals surface area (Å²) in [6.45, 7) is 3.64. The first-order valence-corrected chi connectivity index (χ1v) is 7.43. The Morgan fingerprint density at radius 1 is 1.24 bits per heavy atom. The van der Waals surface area contributed by atoms with E-state index in [1.807, 2.05) is 30.3 Å². The van der Waals surface area contributed by atoms with Crippen LogP contribution < -0.4 is 10.6 Å². The Bertz CT molecular complexity index is 664. The summed E-state index contributed by atoms with van der Waals surface area (Å²) >= 11 is 0. The summed E-state index contributed by atoms with van der Waals surface area (Å²) in [6, 6.07) is 14.1. The lowest BCUT2D eigenvalue weighted by Crippen LogP contribution is -2.23. The van der Waals surface area contributed by atoms with E-state index in [0.717, 1.165) is 36.2 Å². The Labute approximate surface area is 125 Å². The number of fused-ring (bicyclic) bond motifs is 1. The van der Waals surface area contributed by atoms with E-state index in [1.54, 1.807) is 0 Å². The van der Waals surface area contributed by atoms with Crippen molar-refractivity contribution in [3.05, 3.63) is 64.7 Å². The molecule has 2 aromatic rings. The van der Waals surface area contributed by atoms with Crippen LogP contribution >= 0.6 is 0 Å². The molecule has 1 aliphatic rings. The highest BCUT2D eigenvalue weighted by Crippen LogP contribution is 2.22. The highest BCUT2D eigenvalue weighted by molar-refractivity contribution is 5.94. The van der Waals surface area contributed by atoms with Crippen molar-refractivity contribution in [1.29, 1.82) is 0 Å². The van der Waals surface area contributed by atoms with Gasteiger partial charge in [-0.3, -0.25) is 4.79 Å². The van der Waals surface area contributed by atoms with Crippen molar-refractivity contribution >= 4 is 11.6 Å². The van der Waals surface area contributed by atoms with Crippen LogP contribution in [-0.2, 0) is 13.0 Å². The molecule has 0 aromatic heterocycles. The van der Waals surface area contributed by atoms with Crippen LogP contribution in [0.15, 0.2) is 42.5 Å². The first kappa shape index (κ1) is 13.7. The highest BCUT2D eigenvalue weighted by Gasteiger charge is 2.12. The monoisotopic (exact) mass is 280 g/mol. The quantitative estimate of drug-likeness (QED) is 0.906. The molecule has 0 bridgehead atoms. The fourth-order valence-electron chi connectivity index (χ4n) is 2.72. The molecule has 21 heavy (non-hydrogen) atoms. The molecular formula is C18H20N2O. The first-order chi connectivity index (χ1) is 10.2. The van der Waals surface area contributed by atoms with Crippen LogP contribution in [0.4, 0.5) is 5.69 Å². The van der Waals surface area contributed by atoms with Gasteiger partial charge in [-0.05, 0) is 49.1 Å². The predicted octanol–water partition coefficient (Wildman–Crippen LogP) is 3.28. The zero-order valence-corrected chi connectivity index (χ0v) is 12.3. The van der Waals surface area contributed by atoms with E-state index in [0.29, 0.717) is 6.54 Å². The van der Waals surface area contributed by atoms with E-state index in [4.69, 9.17) is 0 Å². The summed E-state index contributed by atoms with van der Waals surface area (Å²) in [7, 11) is 0. The van der Waals surface area contributed by atoms with Crippen LogP contribution in [0.1, 0.15) is 33.5 Å². The van der Waals surface area contributed by atoms with Gasteiger partial charge in [0.15, 0.2) is 0 Å². The molecule has 3 nitrogen and oxygen atoms in total. The normalized spacial score (nSPS) is 13.2. The number of hydrogen-bond donors (Lipinski definition) is 2. The maximum atomic E-state index is 12.3. The Hall–Kier alpha value is -2.29. The lowest BCUT2D eigenvalue weighted by Gasteiger charge is -2.18. The predicted molar refractivity (Wildman–Crippen MR) is 85.6 cm³/mol. The lowest BCUT2D eigenvalue weighted by atomic mass is 10.0. The minimum atomic E-state index is -0.00937. The van der Waals surface area contributed by atoms with Gasteiger partial charge in [-0.15, -0.1) is 0 Å². The molecule has 1 aliphatic heterocycles. The Balaban J connectivity index is 1.68. The number of anilines is 1. The number of aryl methyl sites for hydroxylation is 2. The van der Waals surface area contributed by atoms with E-state index in [2.05, 4.69) is 29.7 Å². The van der Waals surface area contributed by atoms with Gasteiger partial charge in [0.2, 0.25) is 0 Å². The molecule has 2 N–H and O–H groups in total. The van der Waals surface area contributed by atoms with E-state index < -0.39 is 0 Å². The topological polar surface area (TPSA) is 41.1 Å². The summed E-state index contributed by atoms with van der Waals surface area (Å²) in [6.07, 6.45) is 2.17. The average Bonchev–Trinajstić information content (AvgIpc) is 2.52.